The Morgan fingerprint density at radius 1 is 0.314 bits per heavy atom. The Kier molecular flexibility index (Phi) is 8.23. The summed E-state index contributed by atoms with van der Waals surface area (Å²) in [5.74, 6) is 1.57. The molecule has 0 aliphatic rings. The third kappa shape index (κ3) is 5.72. The van der Waals surface area contributed by atoms with Crippen molar-refractivity contribution in [1.29, 1.82) is 0 Å². The van der Waals surface area contributed by atoms with Gasteiger partial charge in [-0.15, -0.1) is 0 Å². The minimum atomic E-state index is 0.509. The fraction of sp³-hybridized carbons (Fsp3) is 0. The Hall–Kier alpha value is -9.59. The van der Waals surface area contributed by atoms with Gasteiger partial charge < -0.3 is 13.4 Å². The summed E-state index contributed by atoms with van der Waals surface area (Å²) in [6.45, 7) is 0. The molecule has 0 spiro atoms. The van der Waals surface area contributed by atoms with Crippen molar-refractivity contribution in [3.63, 3.8) is 0 Å². The standard InChI is InChI=1S/C63H37N5O2/c1-3-16-38(17-4-1)39-33-35-54-51(36-39)43-21-8-11-29-53(43)68(54)63-65-61(40-32-34-45-44-22-9-12-30-55(44)69-57(45)37-40)64-62(66-63)50-27-15-31-56-58(50)49-26-14-25-48(60(49)70-56)47-24-13-23-46-42-20-7-10-28-52(42)67(59(46)47)41-18-5-2-6-19-41/h1-37H. The Labute approximate surface area is 399 Å². The van der Waals surface area contributed by atoms with Crippen molar-refractivity contribution in [2.24, 2.45) is 0 Å². The Morgan fingerprint density at radius 2 is 0.914 bits per heavy atom. The Bertz CT molecular complexity index is 4600. The van der Waals surface area contributed by atoms with Crippen LogP contribution in [0.1, 0.15) is 0 Å². The summed E-state index contributed by atoms with van der Waals surface area (Å²) in [4.78, 5) is 16.2. The highest BCUT2D eigenvalue weighted by atomic mass is 16.3. The second-order valence-corrected chi connectivity index (χ2v) is 17.9. The number of rotatable bonds is 6. The van der Waals surface area contributed by atoms with Gasteiger partial charge in [0.15, 0.2) is 11.6 Å². The molecule has 5 heterocycles. The van der Waals surface area contributed by atoms with Crippen molar-refractivity contribution in [2.75, 3.05) is 0 Å². The lowest BCUT2D eigenvalue weighted by Gasteiger charge is -2.12. The largest absolute Gasteiger partial charge is 0.456 e. The second kappa shape index (κ2) is 15.0. The molecule has 70 heavy (non-hydrogen) atoms. The molecular formula is C63H37N5O2. The van der Waals surface area contributed by atoms with Gasteiger partial charge in [-0.25, -0.2) is 4.98 Å². The van der Waals surface area contributed by atoms with Gasteiger partial charge in [0.25, 0.3) is 0 Å². The quantitative estimate of drug-likeness (QED) is 0.166. The van der Waals surface area contributed by atoms with Crippen molar-refractivity contribution in [1.82, 2.24) is 24.1 Å². The first kappa shape index (κ1) is 38.5. The predicted molar refractivity (Wildman–Crippen MR) is 285 cm³/mol. The number of aromatic nitrogens is 5. The van der Waals surface area contributed by atoms with Gasteiger partial charge in [-0.3, -0.25) is 4.57 Å². The van der Waals surface area contributed by atoms with E-state index in [1.54, 1.807) is 0 Å². The van der Waals surface area contributed by atoms with E-state index in [2.05, 4.69) is 197 Å². The molecule has 5 aromatic heterocycles. The van der Waals surface area contributed by atoms with Gasteiger partial charge in [0.1, 0.15) is 22.3 Å². The molecule has 0 radical (unpaired) electrons. The molecule has 326 valence electrons. The van der Waals surface area contributed by atoms with Gasteiger partial charge in [-0.1, -0.05) is 164 Å². The Balaban J connectivity index is 0.979. The third-order valence-electron chi connectivity index (χ3n) is 14.0. The maximum absolute atomic E-state index is 7.03. The van der Waals surface area contributed by atoms with Crippen LogP contribution in [-0.4, -0.2) is 24.1 Å². The van der Waals surface area contributed by atoms with Gasteiger partial charge >= 0.3 is 0 Å². The van der Waals surface area contributed by atoms with Crippen molar-refractivity contribution >= 4 is 87.5 Å². The van der Waals surface area contributed by atoms with Crippen LogP contribution in [0, 0.1) is 0 Å². The molecule has 0 unspecified atom stereocenters. The van der Waals surface area contributed by atoms with E-state index in [1.807, 2.05) is 36.4 Å². The van der Waals surface area contributed by atoms with E-state index < -0.39 is 0 Å². The third-order valence-corrected chi connectivity index (χ3v) is 14.0. The SMILES string of the molecule is c1ccc(-c2ccc3c(c2)c2ccccc2n3-c2nc(-c3ccc4c(c3)oc3ccccc34)nc(-c3cccc4oc5c(-c6cccc7c8ccccc8n(-c8ccccc8)c67)cccc5c34)n2)cc1. The van der Waals surface area contributed by atoms with E-state index in [9.17, 15) is 0 Å². The zero-order valence-electron chi connectivity index (χ0n) is 37.4. The first-order chi connectivity index (χ1) is 34.7. The van der Waals surface area contributed by atoms with E-state index in [0.29, 0.717) is 17.6 Å². The lowest BCUT2D eigenvalue weighted by Crippen LogP contribution is -2.06. The monoisotopic (exact) mass is 895 g/mol. The normalized spacial score (nSPS) is 12.0. The predicted octanol–water partition coefficient (Wildman–Crippen LogP) is 16.5. The highest BCUT2D eigenvalue weighted by Crippen LogP contribution is 2.45. The summed E-state index contributed by atoms with van der Waals surface area (Å²) in [6, 6.07) is 78.5. The number of hydrogen-bond acceptors (Lipinski definition) is 5. The smallest absolute Gasteiger partial charge is 0.238 e. The van der Waals surface area contributed by atoms with Gasteiger partial charge in [0.05, 0.1) is 22.1 Å². The summed E-state index contributed by atoms with van der Waals surface area (Å²) < 4.78 is 18.0. The van der Waals surface area contributed by atoms with E-state index in [-0.39, 0.29) is 0 Å². The zero-order chi connectivity index (χ0) is 45.9. The molecule has 0 saturated heterocycles. The van der Waals surface area contributed by atoms with Crippen LogP contribution in [0.15, 0.2) is 233 Å². The first-order valence-electron chi connectivity index (χ1n) is 23.5. The molecular weight excluding hydrogens is 859 g/mol. The van der Waals surface area contributed by atoms with E-state index in [4.69, 9.17) is 23.8 Å². The molecule has 0 amide bonds. The number of hydrogen-bond donors (Lipinski definition) is 0. The Morgan fingerprint density at radius 3 is 1.76 bits per heavy atom. The molecule has 0 saturated carbocycles. The average molecular weight is 896 g/mol. The first-order valence-corrected chi connectivity index (χ1v) is 23.5. The molecule has 0 N–H and O–H groups in total. The summed E-state index contributed by atoms with van der Waals surface area (Å²) in [5.41, 5.74) is 14.5. The minimum absolute atomic E-state index is 0.509. The van der Waals surface area contributed by atoms with E-state index in [1.165, 1.54) is 10.8 Å². The lowest BCUT2D eigenvalue weighted by atomic mass is 9.98. The van der Waals surface area contributed by atoms with Crippen LogP contribution in [0.25, 0.3) is 144 Å². The van der Waals surface area contributed by atoms with Crippen LogP contribution in [0.2, 0.25) is 0 Å². The molecule has 0 atom stereocenters. The molecule has 7 heteroatoms. The van der Waals surface area contributed by atoms with Crippen LogP contribution in [-0.2, 0) is 0 Å². The second-order valence-electron chi connectivity index (χ2n) is 17.9. The highest BCUT2D eigenvalue weighted by molar-refractivity contribution is 6.19. The van der Waals surface area contributed by atoms with Crippen molar-refractivity contribution in [2.45, 2.75) is 0 Å². The molecule has 0 bridgehead atoms. The number of benzene rings is 10. The minimum Gasteiger partial charge on any atom is -0.456 e. The van der Waals surface area contributed by atoms with E-state index >= 15 is 0 Å². The molecule has 0 aliphatic carbocycles. The van der Waals surface area contributed by atoms with Crippen molar-refractivity contribution in [3.05, 3.63) is 224 Å². The number of fused-ring (bicyclic) bond motifs is 12. The van der Waals surface area contributed by atoms with E-state index in [0.717, 1.165) is 116 Å². The fourth-order valence-electron chi connectivity index (χ4n) is 10.9. The average Bonchev–Trinajstić information content (AvgIpc) is 4.19. The molecule has 15 aromatic rings. The fourth-order valence-corrected chi connectivity index (χ4v) is 10.9. The number of furan rings is 2. The van der Waals surface area contributed by atoms with Gasteiger partial charge in [-0.2, -0.15) is 9.97 Å². The van der Waals surface area contributed by atoms with Crippen molar-refractivity contribution in [3.8, 4) is 56.7 Å². The van der Waals surface area contributed by atoms with Crippen LogP contribution >= 0.6 is 0 Å². The summed E-state index contributed by atoms with van der Waals surface area (Å²) >= 11 is 0. The van der Waals surface area contributed by atoms with Crippen LogP contribution < -0.4 is 0 Å². The summed E-state index contributed by atoms with van der Waals surface area (Å²) in [6.07, 6.45) is 0. The molecule has 10 aromatic carbocycles. The zero-order valence-corrected chi connectivity index (χ0v) is 37.4. The maximum Gasteiger partial charge on any atom is 0.238 e. The van der Waals surface area contributed by atoms with Crippen LogP contribution in [0.4, 0.5) is 0 Å². The summed E-state index contributed by atoms with van der Waals surface area (Å²) in [7, 11) is 0. The molecule has 7 nitrogen and oxygen atoms in total. The van der Waals surface area contributed by atoms with Crippen LogP contribution in [0.3, 0.4) is 0 Å². The maximum atomic E-state index is 7.03. The summed E-state index contributed by atoms with van der Waals surface area (Å²) in [5, 5.41) is 8.61. The molecule has 0 fully saturated rings. The molecule has 0 aliphatic heterocycles. The van der Waals surface area contributed by atoms with Gasteiger partial charge in [0.2, 0.25) is 5.95 Å². The lowest BCUT2D eigenvalue weighted by molar-refractivity contribution is 0.669. The van der Waals surface area contributed by atoms with Crippen molar-refractivity contribution < 1.29 is 8.83 Å². The van der Waals surface area contributed by atoms with Gasteiger partial charge in [0, 0.05) is 71.0 Å². The number of para-hydroxylation sites is 6. The highest BCUT2D eigenvalue weighted by Gasteiger charge is 2.24. The van der Waals surface area contributed by atoms with Gasteiger partial charge in [-0.05, 0) is 71.8 Å². The van der Waals surface area contributed by atoms with Crippen LogP contribution in [0.5, 0.6) is 0 Å². The number of nitrogens with zero attached hydrogens (tertiary/aromatic N) is 5. The topological polar surface area (TPSA) is 74.8 Å². The molecule has 15 rings (SSSR count).